The number of aromatic hydroxyl groups is 1. The molecule has 1 N–H and O–H groups in total. The summed E-state index contributed by atoms with van der Waals surface area (Å²) >= 11 is 14.5. The molecule has 8 rings (SSSR count). The average Bonchev–Trinajstić information content (AvgIpc) is 3.46. The molecule has 14 nitrogen and oxygen atoms in total. The van der Waals surface area contributed by atoms with Crippen molar-refractivity contribution >= 4 is 56.8 Å². The summed E-state index contributed by atoms with van der Waals surface area (Å²) < 4.78 is 15.7. The molecular formula is C36H32Cl2N6O8. The van der Waals surface area contributed by atoms with Gasteiger partial charge in [-0.2, -0.15) is 0 Å². The molecule has 1 aliphatic carbocycles. The lowest BCUT2D eigenvalue weighted by atomic mass is 9.64. The fraction of sp³-hybridized carbons (Fsp3) is 0.333. The van der Waals surface area contributed by atoms with E-state index in [1.54, 1.807) is 49.5 Å². The van der Waals surface area contributed by atoms with Crippen LogP contribution < -0.4 is 26.4 Å². The lowest BCUT2D eigenvalue weighted by Gasteiger charge is -2.49. The number of alkyl halides is 2. The molecule has 1 saturated carbocycles. The largest absolute Gasteiger partial charge is 0.507 e. The summed E-state index contributed by atoms with van der Waals surface area (Å²) in [6, 6.07) is 12.8. The van der Waals surface area contributed by atoms with Crippen LogP contribution in [0, 0.1) is 0 Å². The number of amides is 2. The standard InChI is InChI=1S/C36H32Cl2N6O8/c1-40-24-16-27(52-4)26(51-3)15-23(24)39-22(30(40)46)12-13-42-33(49)43-14-11-20-25(44(43)34(42)50)17-35(37)31(47)41(2)32(48)36(35,38)28(20)21-10-9-18-7-5-6-8-19(18)29(21)45/h5-11,15-16,25,28,45H,12-14,17H2,1-4H3/t25-,28-,35-,36+/m1/s1. The maximum Gasteiger partial charge on any atom is 0.347 e. The molecule has 2 aliphatic heterocycles. The fourth-order valence-corrected chi connectivity index (χ4v) is 9.18. The number of phenols is 1. The van der Waals surface area contributed by atoms with Gasteiger partial charge < -0.3 is 19.1 Å². The predicted molar refractivity (Wildman–Crippen MR) is 192 cm³/mol. The Bertz CT molecular complexity index is 2620. The molecule has 2 fully saturated rings. The van der Waals surface area contributed by atoms with Gasteiger partial charge in [0.1, 0.15) is 11.4 Å². The molecular weight excluding hydrogens is 715 g/mol. The molecule has 2 aromatic heterocycles. The van der Waals surface area contributed by atoms with E-state index in [1.165, 1.54) is 35.2 Å². The summed E-state index contributed by atoms with van der Waals surface area (Å²) in [5.74, 6) is -1.95. The van der Waals surface area contributed by atoms with Gasteiger partial charge in [0.25, 0.3) is 17.4 Å². The van der Waals surface area contributed by atoms with Crippen molar-refractivity contribution in [2.75, 3.05) is 21.3 Å². The minimum absolute atomic E-state index is 0.0589. The number of carbonyl (C=O) groups is 2. The highest BCUT2D eigenvalue weighted by Gasteiger charge is 2.75. The van der Waals surface area contributed by atoms with Crippen molar-refractivity contribution < 1.29 is 24.2 Å². The van der Waals surface area contributed by atoms with Crippen LogP contribution in [0.15, 0.2) is 74.6 Å². The Morgan fingerprint density at radius 1 is 0.942 bits per heavy atom. The topological polar surface area (TPSA) is 160 Å². The maximum atomic E-state index is 14.3. The second kappa shape index (κ2) is 11.6. The number of allylic oxidation sites excluding steroid dienone is 2. The number of rotatable bonds is 6. The molecule has 4 atom stereocenters. The third-order valence-electron chi connectivity index (χ3n) is 10.8. The van der Waals surface area contributed by atoms with Crippen LogP contribution in [0.5, 0.6) is 17.2 Å². The van der Waals surface area contributed by atoms with E-state index >= 15 is 0 Å². The van der Waals surface area contributed by atoms with E-state index in [1.807, 2.05) is 12.1 Å². The summed E-state index contributed by atoms with van der Waals surface area (Å²) in [6.45, 7) is -0.260. The number of aromatic nitrogens is 5. The number of nitrogens with zero attached hydrogens (tertiary/aromatic N) is 6. The maximum absolute atomic E-state index is 14.3. The van der Waals surface area contributed by atoms with E-state index in [0.717, 1.165) is 14.9 Å². The molecule has 4 heterocycles. The zero-order valence-electron chi connectivity index (χ0n) is 28.4. The number of phenolic OH excluding ortho intramolecular Hbond substituents is 1. The molecule has 52 heavy (non-hydrogen) atoms. The summed E-state index contributed by atoms with van der Waals surface area (Å²) in [5, 5.41) is 12.9. The zero-order valence-corrected chi connectivity index (χ0v) is 29.9. The van der Waals surface area contributed by atoms with Gasteiger partial charge >= 0.3 is 11.4 Å². The van der Waals surface area contributed by atoms with Crippen LogP contribution >= 0.6 is 23.2 Å². The third-order valence-corrected chi connectivity index (χ3v) is 12.2. The van der Waals surface area contributed by atoms with E-state index in [4.69, 9.17) is 32.7 Å². The van der Waals surface area contributed by atoms with Crippen LogP contribution in [0.1, 0.15) is 29.6 Å². The summed E-state index contributed by atoms with van der Waals surface area (Å²) in [6.07, 6.45) is 1.36. The highest BCUT2D eigenvalue weighted by molar-refractivity contribution is 6.53. The predicted octanol–water partition coefficient (Wildman–Crippen LogP) is 2.80. The van der Waals surface area contributed by atoms with Crippen LogP contribution in [0.25, 0.3) is 21.8 Å². The zero-order chi connectivity index (χ0) is 37.0. The number of likely N-dealkylation sites (tertiary alicyclic amines) is 1. The van der Waals surface area contributed by atoms with Crippen LogP contribution in [-0.4, -0.2) is 76.3 Å². The number of benzene rings is 3. The van der Waals surface area contributed by atoms with Crippen molar-refractivity contribution in [3.8, 4) is 17.2 Å². The highest BCUT2D eigenvalue weighted by Crippen LogP contribution is 2.64. The van der Waals surface area contributed by atoms with Gasteiger partial charge in [-0.05, 0) is 11.0 Å². The molecule has 16 heteroatoms. The van der Waals surface area contributed by atoms with E-state index in [-0.39, 0.29) is 42.9 Å². The second-order valence-corrected chi connectivity index (χ2v) is 14.5. The first kappa shape index (κ1) is 33.8. The molecule has 5 aromatic rings. The number of methoxy groups -OCH3 is 2. The van der Waals surface area contributed by atoms with Gasteiger partial charge in [0.15, 0.2) is 21.2 Å². The van der Waals surface area contributed by atoms with Gasteiger partial charge in [-0.1, -0.05) is 42.5 Å². The fourth-order valence-electron chi connectivity index (χ4n) is 8.19. The van der Waals surface area contributed by atoms with E-state index < -0.39 is 50.5 Å². The Kier molecular flexibility index (Phi) is 7.53. The SMILES string of the molecule is COc1cc2nc(CCn3c(=O)n4n(c3=O)[C@@H]3C[C@@]5(Cl)C(=O)N(C)C(=O)[C@@]5(Cl)[C@@H](c5ccc6ccccc6c5O)C3=CC4)c(=O)n(C)c2cc1OC. The van der Waals surface area contributed by atoms with Crippen molar-refractivity contribution in [1.82, 2.24) is 28.4 Å². The number of ether oxygens (including phenoxy) is 2. The van der Waals surface area contributed by atoms with Crippen LogP contribution in [0.4, 0.5) is 0 Å². The van der Waals surface area contributed by atoms with Crippen molar-refractivity contribution in [2.45, 2.75) is 47.6 Å². The molecule has 0 radical (unpaired) electrons. The minimum atomic E-state index is -2.06. The first-order chi connectivity index (χ1) is 24.8. The Hall–Kier alpha value is -5.34. The molecule has 268 valence electrons. The Balaban J connectivity index is 1.23. The Morgan fingerprint density at radius 2 is 1.65 bits per heavy atom. The third kappa shape index (κ3) is 4.30. The lowest BCUT2D eigenvalue weighted by molar-refractivity contribution is -0.137. The number of halogens is 2. The highest BCUT2D eigenvalue weighted by atomic mass is 35.5. The normalized spacial score (nSPS) is 23.8. The van der Waals surface area contributed by atoms with E-state index in [2.05, 4.69) is 4.98 Å². The molecule has 2 amide bonds. The Morgan fingerprint density at radius 3 is 2.38 bits per heavy atom. The van der Waals surface area contributed by atoms with E-state index in [9.17, 15) is 29.1 Å². The van der Waals surface area contributed by atoms with Gasteiger partial charge in [-0.3, -0.25) is 19.3 Å². The first-order valence-corrected chi connectivity index (χ1v) is 17.2. The molecule has 0 bridgehead atoms. The van der Waals surface area contributed by atoms with Crippen molar-refractivity contribution in [2.24, 2.45) is 7.05 Å². The average molecular weight is 748 g/mol. The first-order valence-electron chi connectivity index (χ1n) is 16.4. The molecule has 0 unspecified atom stereocenters. The number of carbonyl (C=O) groups excluding carboxylic acids is 2. The van der Waals surface area contributed by atoms with Gasteiger partial charge in [0, 0.05) is 62.5 Å². The van der Waals surface area contributed by atoms with Crippen molar-refractivity contribution in [3.05, 3.63) is 103 Å². The Labute approximate surface area is 304 Å². The lowest BCUT2D eigenvalue weighted by Crippen LogP contribution is -2.59. The monoisotopic (exact) mass is 746 g/mol. The molecule has 3 aromatic carbocycles. The van der Waals surface area contributed by atoms with Crippen LogP contribution in [0.3, 0.4) is 0 Å². The van der Waals surface area contributed by atoms with Gasteiger partial charge in [-0.15, -0.1) is 23.2 Å². The number of imide groups is 1. The van der Waals surface area contributed by atoms with Crippen LogP contribution in [0.2, 0.25) is 0 Å². The number of fused-ring (bicyclic) bond motifs is 6. The molecule has 3 aliphatic rings. The summed E-state index contributed by atoms with van der Waals surface area (Å²) in [7, 11) is 5.85. The van der Waals surface area contributed by atoms with Gasteiger partial charge in [0.05, 0.1) is 37.8 Å². The quantitative estimate of drug-likeness (QED) is 0.157. The number of aryl methyl sites for hydroxylation is 2. The summed E-state index contributed by atoms with van der Waals surface area (Å²) in [4.78, 5) is 70.5. The molecule has 1 saturated heterocycles. The smallest absolute Gasteiger partial charge is 0.347 e. The van der Waals surface area contributed by atoms with Gasteiger partial charge in [0.2, 0.25) is 0 Å². The van der Waals surface area contributed by atoms with E-state index in [0.29, 0.717) is 33.5 Å². The second-order valence-electron chi connectivity index (χ2n) is 13.3. The number of hydrogen-bond acceptors (Lipinski definition) is 9. The molecule has 0 spiro atoms. The summed E-state index contributed by atoms with van der Waals surface area (Å²) in [5.41, 5.74) is 0.0145. The van der Waals surface area contributed by atoms with Gasteiger partial charge in [-0.25, -0.2) is 28.5 Å². The minimum Gasteiger partial charge on any atom is -0.507 e. The van der Waals surface area contributed by atoms with Crippen molar-refractivity contribution in [1.29, 1.82) is 0 Å². The van der Waals surface area contributed by atoms with Crippen molar-refractivity contribution in [3.63, 3.8) is 0 Å². The number of hydrogen-bond donors (Lipinski definition) is 1. The van der Waals surface area contributed by atoms with Crippen LogP contribution in [-0.2, 0) is 36.1 Å².